The van der Waals surface area contributed by atoms with Gasteiger partial charge in [0.2, 0.25) is 0 Å². The van der Waals surface area contributed by atoms with Gasteiger partial charge >= 0.3 is 12.4 Å². The van der Waals surface area contributed by atoms with Gasteiger partial charge in [-0.1, -0.05) is 132 Å². The average molecular weight is 972 g/mol. The van der Waals surface area contributed by atoms with Crippen molar-refractivity contribution in [1.82, 2.24) is 14.5 Å². The minimum absolute atomic E-state index is 0.0927. The van der Waals surface area contributed by atoms with Crippen molar-refractivity contribution in [2.24, 2.45) is 29.7 Å². The van der Waals surface area contributed by atoms with Crippen LogP contribution in [0.2, 0.25) is 0 Å². The maximum absolute atomic E-state index is 12.9. The molecule has 1 aliphatic heterocycles. The van der Waals surface area contributed by atoms with E-state index in [0.717, 1.165) is 52.6 Å². The van der Waals surface area contributed by atoms with E-state index in [1.807, 2.05) is 12.1 Å². The quantitative estimate of drug-likeness (QED) is 0.146. The molecule has 10 heteroatoms. The number of halogens is 6. The highest BCUT2D eigenvalue weighted by Crippen LogP contribution is 2.68. The lowest BCUT2D eigenvalue weighted by Crippen LogP contribution is -2.54. The number of benzene rings is 3. The lowest BCUT2D eigenvalue weighted by Gasteiger charge is -2.64. The van der Waals surface area contributed by atoms with Gasteiger partial charge in [0.05, 0.1) is 24.3 Å². The van der Waals surface area contributed by atoms with Gasteiger partial charge in [-0.25, -0.2) is 9.97 Å². The van der Waals surface area contributed by atoms with Gasteiger partial charge in [0.1, 0.15) is 0 Å². The number of rotatable bonds is 8. The van der Waals surface area contributed by atoms with Gasteiger partial charge in [-0.15, -0.1) is 0 Å². The molecule has 2 bridgehead atoms. The summed E-state index contributed by atoms with van der Waals surface area (Å²) in [4.78, 5) is 8.42. The molecule has 0 radical (unpaired) electrons. The van der Waals surface area contributed by atoms with Crippen molar-refractivity contribution in [1.29, 1.82) is 0 Å². The Bertz CT molecular complexity index is 2450. The Morgan fingerprint density at radius 1 is 0.614 bits per heavy atom. The molecule has 0 spiro atoms. The molecule has 6 aliphatic rings. The molecule has 5 aliphatic carbocycles. The van der Waals surface area contributed by atoms with Crippen molar-refractivity contribution in [2.45, 2.75) is 176 Å². The van der Waals surface area contributed by atoms with Crippen LogP contribution in [0.1, 0.15) is 207 Å². The molecule has 5 fully saturated rings. The summed E-state index contributed by atoms with van der Waals surface area (Å²) in [7, 11) is 2.22. The Morgan fingerprint density at radius 2 is 1.11 bits per heavy atom. The first kappa shape index (κ1) is 54.9. The van der Waals surface area contributed by atoms with Crippen LogP contribution in [-0.2, 0) is 37.0 Å². The van der Waals surface area contributed by atoms with E-state index in [1.54, 1.807) is 88.8 Å². The molecule has 0 N–H and O–H groups in total. The number of nitrogens with zero attached hydrogens (tertiary/aromatic N) is 3. The molecule has 5 aromatic rings. The Kier molecular flexibility index (Phi) is 17.4. The second-order valence-corrected chi connectivity index (χ2v) is 23.1. The van der Waals surface area contributed by atoms with E-state index in [9.17, 15) is 26.3 Å². The molecule has 0 atom stereocenters. The van der Waals surface area contributed by atoms with Crippen LogP contribution in [0.3, 0.4) is 0 Å². The summed E-state index contributed by atoms with van der Waals surface area (Å²) >= 11 is 0. The van der Waals surface area contributed by atoms with Crippen molar-refractivity contribution < 1.29 is 31.1 Å². The topological polar surface area (TPSA) is 39.9 Å². The number of hydrogen-bond donors (Lipinski definition) is 0. The average Bonchev–Trinajstić information content (AvgIpc) is 3.98. The van der Waals surface area contributed by atoms with Crippen LogP contribution in [0.5, 0.6) is 0 Å². The van der Waals surface area contributed by atoms with Crippen LogP contribution < -0.4 is 0 Å². The Labute approximate surface area is 415 Å². The van der Waals surface area contributed by atoms with E-state index < -0.39 is 23.5 Å². The first-order valence-electron chi connectivity index (χ1n) is 25.7. The third-order valence-electron chi connectivity index (χ3n) is 15.3. The fourth-order valence-electron chi connectivity index (χ4n) is 10.4. The van der Waals surface area contributed by atoms with Crippen molar-refractivity contribution >= 4 is 0 Å². The number of hydrogen-bond acceptors (Lipinski definition) is 3. The maximum Gasteiger partial charge on any atom is 0.416 e. The summed E-state index contributed by atoms with van der Waals surface area (Å²) in [5.74, 6) is 4.39. The van der Waals surface area contributed by atoms with E-state index in [1.165, 1.54) is 36.2 Å². The highest BCUT2D eigenvalue weighted by molar-refractivity contribution is 5.55. The van der Waals surface area contributed by atoms with Crippen molar-refractivity contribution in [3.05, 3.63) is 141 Å². The van der Waals surface area contributed by atoms with Gasteiger partial charge < -0.3 is 9.30 Å². The van der Waals surface area contributed by atoms with Crippen molar-refractivity contribution in [2.75, 3.05) is 13.2 Å². The molecule has 70 heavy (non-hydrogen) atoms. The predicted octanol–water partition coefficient (Wildman–Crippen LogP) is 17.6. The molecular weight excluding hydrogens is 893 g/mol. The van der Waals surface area contributed by atoms with Crippen LogP contribution in [0, 0.1) is 22.7 Å². The molecule has 2 aromatic heterocycles. The van der Waals surface area contributed by atoms with Gasteiger partial charge in [-0.2, -0.15) is 26.3 Å². The Morgan fingerprint density at radius 3 is 1.46 bits per heavy atom. The molecule has 3 heterocycles. The van der Waals surface area contributed by atoms with Gasteiger partial charge in [-0.05, 0) is 155 Å². The van der Waals surface area contributed by atoms with E-state index in [0.29, 0.717) is 47.5 Å². The number of alkyl halides is 6. The van der Waals surface area contributed by atoms with Crippen molar-refractivity contribution in [3.63, 3.8) is 0 Å². The molecule has 382 valence electrons. The standard InChI is InChI=1S/C13H15F3O.C13H15F3.C13H14N2.C13H21N.C8H14/c1-8(2)11-4-3-9(10-6-17-7-10)5-12(11)13(14,15)16;1-8(2)11-6-5-10(9-3-4-9)7-12(11)13(14,15)16;1-10(2)11-4-6-12(7-5-11)13-14-8-3-9-15-13;1-9(2)11-6-10-7-13(3,4)8-12(10)14(11)5;1-6(2)8-3-7(4-8)5-8/h3-5,8,10H,6-7H2,1-2H3;5-9H,3-4H2,1-2H3;3-10H,1-2H3;6,9H,7-8H2,1-5H3;6-7H,3-5H2,1-2H3. The van der Waals surface area contributed by atoms with E-state index in [-0.39, 0.29) is 17.8 Å². The van der Waals surface area contributed by atoms with Crippen LogP contribution in [-0.4, -0.2) is 27.7 Å². The van der Waals surface area contributed by atoms with Gasteiger partial charge in [0.15, 0.2) is 5.82 Å². The normalized spacial score (nSPS) is 19.9. The second kappa shape index (κ2) is 22.1. The molecule has 3 aromatic carbocycles. The zero-order valence-corrected chi connectivity index (χ0v) is 44.1. The van der Waals surface area contributed by atoms with E-state index >= 15 is 0 Å². The smallest absolute Gasteiger partial charge is 0.380 e. The maximum atomic E-state index is 12.9. The number of ether oxygens (including phenoxy) is 1. The van der Waals surface area contributed by atoms with Crippen LogP contribution in [0.25, 0.3) is 11.4 Å². The van der Waals surface area contributed by atoms with E-state index in [4.69, 9.17) is 4.74 Å². The Balaban J connectivity index is 0.000000146. The van der Waals surface area contributed by atoms with Crippen LogP contribution >= 0.6 is 0 Å². The number of aromatic nitrogens is 3. The fraction of sp³-hybridized carbons (Fsp3) is 0.567. The summed E-state index contributed by atoms with van der Waals surface area (Å²) in [6, 6.07) is 22.2. The highest BCUT2D eigenvalue weighted by atomic mass is 19.4. The Hall–Kier alpha value is -4.44. The minimum Gasteiger partial charge on any atom is -0.380 e. The largest absolute Gasteiger partial charge is 0.416 e. The third-order valence-corrected chi connectivity index (χ3v) is 15.3. The molecular formula is C60H79F6N3O. The summed E-state index contributed by atoms with van der Waals surface area (Å²) in [5.41, 5.74) is 9.79. The van der Waals surface area contributed by atoms with Crippen LogP contribution in [0.4, 0.5) is 26.3 Å². The molecule has 4 nitrogen and oxygen atoms in total. The third kappa shape index (κ3) is 13.5. The van der Waals surface area contributed by atoms with Crippen LogP contribution in [0.15, 0.2) is 85.2 Å². The zero-order chi connectivity index (χ0) is 51.5. The molecule has 0 amide bonds. The summed E-state index contributed by atoms with van der Waals surface area (Å²) < 4.78 is 84.9. The lowest BCUT2D eigenvalue weighted by atomic mass is 9.41. The summed E-state index contributed by atoms with van der Waals surface area (Å²) in [6.07, 6.45) is 4.24. The van der Waals surface area contributed by atoms with Gasteiger partial charge in [-0.3, -0.25) is 0 Å². The summed E-state index contributed by atoms with van der Waals surface area (Å²) in [6.45, 7) is 26.6. The molecule has 1 saturated heterocycles. The lowest BCUT2D eigenvalue weighted by molar-refractivity contribution is -0.141. The molecule has 4 saturated carbocycles. The summed E-state index contributed by atoms with van der Waals surface area (Å²) in [5, 5.41) is 0. The first-order chi connectivity index (χ1) is 32.7. The zero-order valence-electron chi connectivity index (χ0n) is 44.1. The first-order valence-corrected chi connectivity index (χ1v) is 25.7. The van der Waals surface area contributed by atoms with Crippen molar-refractivity contribution in [3.8, 4) is 11.4 Å². The van der Waals surface area contributed by atoms with Gasteiger partial charge in [0.25, 0.3) is 0 Å². The number of fused-ring (bicyclic) bond motifs is 1. The second-order valence-electron chi connectivity index (χ2n) is 23.1. The van der Waals surface area contributed by atoms with E-state index in [2.05, 4.69) is 107 Å². The predicted molar refractivity (Wildman–Crippen MR) is 273 cm³/mol. The fourth-order valence-corrected chi connectivity index (χ4v) is 10.4. The molecule has 0 unspecified atom stereocenters. The van der Waals surface area contributed by atoms with Gasteiger partial charge in [0, 0.05) is 42.3 Å². The SMILES string of the molecule is CC(C)C12CC(C1)C2.CC(C)c1cc2c(n1C)CC(C)(C)C2.CC(C)c1ccc(-c2ncccn2)cc1.CC(C)c1ccc(C2CC2)cc1C(F)(F)F.CC(C)c1ccc(C2COC2)cc1C(F)(F)F. The molecule has 11 rings (SSSR count). The minimum atomic E-state index is -4.28. The monoisotopic (exact) mass is 972 g/mol. The highest BCUT2D eigenvalue weighted by Gasteiger charge is 2.57.